The summed E-state index contributed by atoms with van der Waals surface area (Å²) in [5.41, 5.74) is 3.01. The molecular formula is C23H29NO4. The number of hydrogen-bond acceptors (Lipinski definition) is 5. The Bertz CT molecular complexity index is 856. The molecular weight excluding hydrogens is 354 g/mol. The number of Topliss-reactive ketones (excluding diaryl/α,β-unsaturated/α-hetero) is 1. The van der Waals surface area contributed by atoms with E-state index in [-0.39, 0.29) is 5.78 Å². The Balaban J connectivity index is 2.46. The highest BCUT2D eigenvalue weighted by Crippen LogP contribution is 2.31. The number of carbonyl (C=O) groups is 1. The molecule has 28 heavy (non-hydrogen) atoms. The number of nitrogens with zero attached hydrogens (tertiary/aromatic N) is 1. The fourth-order valence-electron chi connectivity index (χ4n) is 2.94. The van der Waals surface area contributed by atoms with Gasteiger partial charge in [0.05, 0.1) is 26.5 Å². The Morgan fingerprint density at radius 2 is 1.71 bits per heavy atom. The Labute approximate surface area is 167 Å². The molecule has 0 aliphatic heterocycles. The highest BCUT2D eigenvalue weighted by Gasteiger charge is 2.16. The molecule has 5 nitrogen and oxygen atoms in total. The molecule has 0 N–H and O–H groups in total. The van der Waals surface area contributed by atoms with E-state index in [9.17, 15) is 4.79 Å². The van der Waals surface area contributed by atoms with Crippen molar-refractivity contribution in [1.82, 2.24) is 0 Å². The topological polar surface area (TPSA) is 48.0 Å². The third kappa shape index (κ3) is 4.85. The largest absolute Gasteiger partial charge is 0.497 e. The van der Waals surface area contributed by atoms with Gasteiger partial charge in [0.1, 0.15) is 17.2 Å². The van der Waals surface area contributed by atoms with E-state index < -0.39 is 0 Å². The monoisotopic (exact) mass is 383 g/mol. The summed E-state index contributed by atoms with van der Waals surface area (Å²) in [4.78, 5) is 15.1. The average Bonchev–Trinajstić information content (AvgIpc) is 2.71. The predicted octanol–water partition coefficient (Wildman–Crippen LogP) is 4.84. The minimum absolute atomic E-state index is 0.0153. The van der Waals surface area contributed by atoms with Gasteiger partial charge in [-0.05, 0) is 55.8 Å². The molecule has 2 aromatic carbocycles. The van der Waals surface area contributed by atoms with Crippen molar-refractivity contribution in [1.29, 1.82) is 0 Å². The third-order valence-corrected chi connectivity index (χ3v) is 4.44. The number of anilines is 1. The maximum Gasteiger partial charge on any atom is 0.189 e. The summed E-state index contributed by atoms with van der Waals surface area (Å²) < 4.78 is 16.4. The number of ketones is 1. The zero-order chi connectivity index (χ0) is 20.7. The molecule has 0 heterocycles. The normalized spacial score (nSPS) is 11.1. The molecule has 2 rings (SSSR count). The van der Waals surface area contributed by atoms with E-state index in [2.05, 4.69) is 0 Å². The minimum Gasteiger partial charge on any atom is -0.497 e. The van der Waals surface area contributed by atoms with Crippen molar-refractivity contribution in [3.05, 3.63) is 53.1 Å². The van der Waals surface area contributed by atoms with Gasteiger partial charge in [0.25, 0.3) is 0 Å². The van der Waals surface area contributed by atoms with E-state index in [1.54, 1.807) is 14.2 Å². The highest BCUT2D eigenvalue weighted by molar-refractivity contribution is 6.12. The lowest BCUT2D eigenvalue weighted by atomic mass is 9.98. The van der Waals surface area contributed by atoms with E-state index in [0.717, 1.165) is 17.0 Å². The van der Waals surface area contributed by atoms with Gasteiger partial charge in [-0.25, -0.2) is 0 Å². The van der Waals surface area contributed by atoms with Gasteiger partial charge < -0.3 is 19.1 Å². The third-order valence-electron chi connectivity index (χ3n) is 4.44. The van der Waals surface area contributed by atoms with Crippen LogP contribution in [0.4, 0.5) is 5.69 Å². The fourth-order valence-corrected chi connectivity index (χ4v) is 2.94. The molecule has 5 heteroatoms. The SMILES string of the molecule is CCOc1ccc(C(=O)/C(=C/c2cc(OC)ccc2OC)CC)cc1N(C)C. The molecule has 0 saturated carbocycles. The van der Waals surface area contributed by atoms with E-state index >= 15 is 0 Å². The van der Waals surface area contributed by atoms with Crippen molar-refractivity contribution >= 4 is 17.5 Å². The van der Waals surface area contributed by atoms with Gasteiger partial charge in [-0.1, -0.05) is 6.92 Å². The van der Waals surface area contributed by atoms with Crippen LogP contribution in [-0.4, -0.2) is 40.7 Å². The summed E-state index contributed by atoms with van der Waals surface area (Å²) in [6, 6.07) is 11.1. The lowest BCUT2D eigenvalue weighted by Gasteiger charge is -2.18. The summed E-state index contributed by atoms with van der Waals surface area (Å²) >= 11 is 0. The molecule has 0 aliphatic rings. The van der Waals surface area contributed by atoms with Crippen LogP contribution >= 0.6 is 0 Å². The van der Waals surface area contributed by atoms with Gasteiger partial charge >= 0.3 is 0 Å². The Morgan fingerprint density at radius 1 is 1.00 bits per heavy atom. The smallest absolute Gasteiger partial charge is 0.189 e. The van der Waals surface area contributed by atoms with Crippen LogP contribution in [0.25, 0.3) is 6.08 Å². The molecule has 150 valence electrons. The first kappa shape index (κ1) is 21.4. The molecule has 2 aromatic rings. The maximum absolute atomic E-state index is 13.2. The van der Waals surface area contributed by atoms with Gasteiger partial charge in [-0.2, -0.15) is 0 Å². The van der Waals surface area contributed by atoms with Crippen molar-refractivity contribution in [2.75, 3.05) is 39.8 Å². The van der Waals surface area contributed by atoms with Crippen molar-refractivity contribution in [2.24, 2.45) is 0 Å². The standard InChI is InChI=1S/C23H29NO4/c1-7-16(13-18-14-19(26-5)10-12-21(18)27-6)23(25)17-9-11-22(28-8-2)20(15-17)24(3)4/h9-15H,7-8H2,1-6H3/b16-13+. The summed E-state index contributed by atoms with van der Waals surface area (Å²) in [7, 11) is 7.10. The second kappa shape index (κ2) is 9.83. The zero-order valence-electron chi connectivity index (χ0n) is 17.5. The molecule has 0 radical (unpaired) electrons. The zero-order valence-corrected chi connectivity index (χ0v) is 17.5. The number of benzene rings is 2. The van der Waals surface area contributed by atoms with Crippen LogP contribution in [0.5, 0.6) is 17.2 Å². The van der Waals surface area contributed by atoms with Crippen molar-refractivity contribution in [3.8, 4) is 17.2 Å². The number of hydrogen-bond donors (Lipinski definition) is 0. The number of ether oxygens (including phenoxy) is 3. The summed E-state index contributed by atoms with van der Waals surface area (Å²) in [5, 5.41) is 0. The maximum atomic E-state index is 13.2. The van der Waals surface area contributed by atoms with Crippen molar-refractivity contribution in [3.63, 3.8) is 0 Å². The van der Waals surface area contributed by atoms with Gasteiger partial charge in [-0.3, -0.25) is 4.79 Å². The molecule has 0 unspecified atom stereocenters. The average molecular weight is 383 g/mol. The first-order chi connectivity index (χ1) is 13.4. The molecule has 0 spiro atoms. The van der Waals surface area contributed by atoms with Crippen molar-refractivity contribution in [2.45, 2.75) is 20.3 Å². The lowest BCUT2D eigenvalue weighted by Crippen LogP contribution is -2.12. The quantitative estimate of drug-likeness (QED) is 0.458. The van der Waals surface area contributed by atoms with E-state index in [1.165, 1.54) is 0 Å². The van der Waals surface area contributed by atoms with E-state index in [0.29, 0.717) is 35.7 Å². The second-order valence-electron chi connectivity index (χ2n) is 6.47. The Kier molecular flexibility index (Phi) is 7.50. The van der Waals surface area contributed by atoms with E-state index in [1.807, 2.05) is 75.3 Å². The molecule has 0 atom stereocenters. The van der Waals surface area contributed by atoms with Crippen LogP contribution in [0.15, 0.2) is 42.0 Å². The van der Waals surface area contributed by atoms with Crippen LogP contribution in [0, 0.1) is 0 Å². The van der Waals surface area contributed by atoms with Crippen LogP contribution < -0.4 is 19.1 Å². The van der Waals surface area contributed by atoms with Gasteiger partial charge in [0.2, 0.25) is 0 Å². The number of allylic oxidation sites excluding steroid dienone is 1. The van der Waals surface area contributed by atoms with Gasteiger partial charge in [-0.15, -0.1) is 0 Å². The van der Waals surface area contributed by atoms with E-state index in [4.69, 9.17) is 14.2 Å². The highest BCUT2D eigenvalue weighted by atomic mass is 16.5. The first-order valence-corrected chi connectivity index (χ1v) is 9.36. The number of rotatable bonds is 9. The number of methoxy groups -OCH3 is 2. The Morgan fingerprint density at radius 3 is 2.29 bits per heavy atom. The lowest BCUT2D eigenvalue weighted by molar-refractivity contribution is 0.103. The summed E-state index contributed by atoms with van der Waals surface area (Å²) in [6.07, 6.45) is 2.47. The minimum atomic E-state index is -0.0153. The van der Waals surface area contributed by atoms with Crippen molar-refractivity contribution < 1.29 is 19.0 Å². The molecule has 0 aliphatic carbocycles. The van der Waals surface area contributed by atoms with Crippen LogP contribution in [-0.2, 0) is 0 Å². The van der Waals surface area contributed by atoms with Gasteiger partial charge in [0, 0.05) is 30.8 Å². The first-order valence-electron chi connectivity index (χ1n) is 9.36. The molecule has 0 amide bonds. The predicted molar refractivity (Wildman–Crippen MR) is 114 cm³/mol. The molecule has 0 saturated heterocycles. The second-order valence-corrected chi connectivity index (χ2v) is 6.47. The Hall–Kier alpha value is -2.95. The fraction of sp³-hybridized carbons (Fsp3) is 0.348. The van der Waals surface area contributed by atoms with Crippen LogP contribution in [0.3, 0.4) is 0 Å². The summed E-state index contributed by atoms with van der Waals surface area (Å²) in [5.74, 6) is 2.16. The number of carbonyl (C=O) groups excluding carboxylic acids is 1. The molecule has 0 aromatic heterocycles. The van der Waals surface area contributed by atoms with Crippen LogP contribution in [0.1, 0.15) is 36.2 Å². The van der Waals surface area contributed by atoms with Gasteiger partial charge in [0.15, 0.2) is 5.78 Å². The molecule has 0 bridgehead atoms. The van der Waals surface area contributed by atoms with Crippen LogP contribution in [0.2, 0.25) is 0 Å². The summed E-state index contributed by atoms with van der Waals surface area (Å²) in [6.45, 7) is 4.49. The molecule has 0 fully saturated rings.